The van der Waals surface area contributed by atoms with Crippen LogP contribution in [0.3, 0.4) is 0 Å². The number of carboxylic acid groups (broad SMARTS) is 1. The summed E-state index contributed by atoms with van der Waals surface area (Å²) >= 11 is 0. The summed E-state index contributed by atoms with van der Waals surface area (Å²) in [4.78, 5) is 36.9. The average Bonchev–Trinajstić information content (AvgIpc) is 3.40. The van der Waals surface area contributed by atoms with Gasteiger partial charge in [-0.3, -0.25) is 4.79 Å². The van der Waals surface area contributed by atoms with Crippen molar-refractivity contribution in [3.63, 3.8) is 0 Å². The summed E-state index contributed by atoms with van der Waals surface area (Å²) in [7, 11) is 0. The Kier molecular flexibility index (Phi) is 6.91. The molecule has 0 aliphatic heterocycles. The predicted octanol–water partition coefficient (Wildman–Crippen LogP) is 4.45. The quantitative estimate of drug-likeness (QED) is 0.535. The van der Waals surface area contributed by atoms with Gasteiger partial charge in [-0.05, 0) is 54.9 Å². The number of hydrogen-bond acceptors (Lipinski definition) is 4. The molecule has 34 heavy (non-hydrogen) atoms. The van der Waals surface area contributed by atoms with Crippen LogP contribution in [0, 0.1) is 5.92 Å². The first-order chi connectivity index (χ1) is 16.3. The molecule has 0 radical (unpaired) electrons. The fraction of sp³-hybridized carbons (Fsp3) is 0.444. The third kappa shape index (κ3) is 4.79. The lowest BCUT2D eigenvalue weighted by Crippen LogP contribution is -2.53. The number of amides is 2. The second-order valence-corrected chi connectivity index (χ2v) is 9.55. The smallest absolute Gasteiger partial charge is 0.407 e. The fourth-order valence-corrected chi connectivity index (χ4v) is 5.25. The first-order valence-corrected chi connectivity index (χ1v) is 12.0. The molecule has 180 valence electrons. The summed E-state index contributed by atoms with van der Waals surface area (Å²) in [5, 5.41) is 15.1. The van der Waals surface area contributed by atoms with E-state index in [0.717, 1.165) is 11.1 Å². The van der Waals surface area contributed by atoms with E-state index in [1.165, 1.54) is 18.1 Å². The zero-order chi connectivity index (χ0) is 24.3. The Morgan fingerprint density at radius 1 is 1.03 bits per heavy atom. The van der Waals surface area contributed by atoms with Gasteiger partial charge in [0, 0.05) is 17.9 Å². The highest BCUT2D eigenvalue weighted by Gasteiger charge is 2.38. The standard InChI is InChI=1S/C27H32N2O5/c1-3-14-27(2,25(31)32)29-24(30)17-12-13-18(15-17)28-26(33)34-16-23-21-10-6-4-8-19(21)20-9-5-7-11-22(20)23/h4-11,17-18,23H,3,12-16H2,1-2H3,(H,28,33)(H,29,30)(H,31,32)/t17-,18+,27?/m0/s1. The highest BCUT2D eigenvalue weighted by molar-refractivity contribution is 5.88. The van der Waals surface area contributed by atoms with Gasteiger partial charge >= 0.3 is 12.1 Å². The molecule has 0 bridgehead atoms. The second-order valence-electron chi connectivity index (χ2n) is 9.55. The summed E-state index contributed by atoms with van der Waals surface area (Å²) in [5.74, 6) is -1.63. The Morgan fingerprint density at radius 3 is 2.24 bits per heavy atom. The van der Waals surface area contributed by atoms with Gasteiger partial charge in [-0.1, -0.05) is 61.9 Å². The van der Waals surface area contributed by atoms with Gasteiger partial charge in [0.1, 0.15) is 12.1 Å². The number of benzene rings is 2. The molecule has 1 unspecified atom stereocenters. The number of nitrogens with one attached hydrogen (secondary N) is 2. The summed E-state index contributed by atoms with van der Waals surface area (Å²) in [6, 6.07) is 16.2. The Balaban J connectivity index is 1.30. The molecule has 3 N–H and O–H groups in total. The molecule has 3 atom stereocenters. The molecule has 0 aromatic heterocycles. The predicted molar refractivity (Wildman–Crippen MR) is 128 cm³/mol. The van der Waals surface area contributed by atoms with Crippen LogP contribution < -0.4 is 10.6 Å². The van der Waals surface area contributed by atoms with E-state index in [2.05, 4.69) is 34.9 Å². The lowest BCUT2D eigenvalue weighted by Gasteiger charge is -2.27. The van der Waals surface area contributed by atoms with E-state index in [1.807, 2.05) is 31.2 Å². The van der Waals surface area contributed by atoms with Gasteiger partial charge < -0.3 is 20.5 Å². The van der Waals surface area contributed by atoms with Crippen molar-refractivity contribution in [3.8, 4) is 11.1 Å². The van der Waals surface area contributed by atoms with Gasteiger partial charge in [-0.25, -0.2) is 9.59 Å². The first-order valence-electron chi connectivity index (χ1n) is 12.0. The van der Waals surface area contributed by atoms with E-state index in [4.69, 9.17) is 4.74 Å². The van der Waals surface area contributed by atoms with E-state index in [1.54, 1.807) is 0 Å². The van der Waals surface area contributed by atoms with Crippen molar-refractivity contribution in [2.45, 2.75) is 63.5 Å². The normalized spacial score (nSPS) is 20.6. The van der Waals surface area contributed by atoms with Gasteiger partial charge in [0.15, 0.2) is 0 Å². The lowest BCUT2D eigenvalue weighted by molar-refractivity contribution is -0.147. The maximum Gasteiger partial charge on any atom is 0.407 e. The number of ether oxygens (including phenoxy) is 1. The van der Waals surface area contributed by atoms with Crippen LogP contribution in [0.25, 0.3) is 11.1 Å². The Hall–Kier alpha value is -3.35. The third-order valence-electron chi connectivity index (χ3n) is 7.09. The highest BCUT2D eigenvalue weighted by atomic mass is 16.5. The summed E-state index contributed by atoms with van der Waals surface area (Å²) in [6.45, 7) is 3.67. The van der Waals surface area contributed by atoms with Gasteiger partial charge in [0.2, 0.25) is 5.91 Å². The number of fused-ring (bicyclic) bond motifs is 3. The molecule has 0 spiro atoms. The molecule has 2 aromatic carbocycles. The van der Waals surface area contributed by atoms with Gasteiger partial charge in [0.25, 0.3) is 0 Å². The van der Waals surface area contributed by atoms with Crippen LogP contribution in [-0.4, -0.2) is 41.3 Å². The Labute approximate surface area is 199 Å². The lowest BCUT2D eigenvalue weighted by atomic mass is 9.94. The number of aliphatic carboxylic acids is 1. The first kappa shape index (κ1) is 23.8. The van der Waals surface area contributed by atoms with Crippen molar-refractivity contribution in [1.82, 2.24) is 10.6 Å². The van der Waals surface area contributed by atoms with Crippen LogP contribution >= 0.6 is 0 Å². The maximum atomic E-state index is 12.7. The largest absolute Gasteiger partial charge is 0.480 e. The Morgan fingerprint density at radius 2 is 1.65 bits per heavy atom. The van der Waals surface area contributed by atoms with Crippen molar-refractivity contribution >= 4 is 18.0 Å². The zero-order valence-corrected chi connectivity index (χ0v) is 19.7. The zero-order valence-electron chi connectivity index (χ0n) is 19.7. The van der Waals surface area contributed by atoms with E-state index >= 15 is 0 Å². The summed E-state index contributed by atoms with van der Waals surface area (Å²) < 4.78 is 5.61. The minimum Gasteiger partial charge on any atom is -0.480 e. The van der Waals surface area contributed by atoms with E-state index < -0.39 is 17.6 Å². The van der Waals surface area contributed by atoms with Crippen molar-refractivity contribution < 1.29 is 24.2 Å². The highest BCUT2D eigenvalue weighted by Crippen LogP contribution is 2.44. The fourth-order valence-electron chi connectivity index (χ4n) is 5.25. The molecule has 2 aliphatic carbocycles. The number of carboxylic acids is 1. The van der Waals surface area contributed by atoms with Crippen molar-refractivity contribution in [1.29, 1.82) is 0 Å². The summed E-state index contributed by atoms with van der Waals surface area (Å²) in [5.41, 5.74) is 3.39. The minimum absolute atomic E-state index is 0.00693. The van der Waals surface area contributed by atoms with Crippen LogP contribution in [0.5, 0.6) is 0 Å². The molecule has 0 saturated heterocycles. The number of carbonyl (C=O) groups is 3. The van der Waals surface area contributed by atoms with Crippen LogP contribution in [0.1, 0.15) is 63.0 Å². The molecule has 7 nitrogen and oxygen atoms in total. The number of carbonyl (C=O) groups excluding carboxylic acids is 2. The molecule has 1 fully saturated rings. The molecular weight excluding hydrogens is 432 g/mol. The molecular formula is C27H32N2O5. The van der Waals surface area contributed by atoms with Crippen LogP contribution in [0.15, 0.2) is 48.5 Å². The van der Waals surface area contributed by atoms with Crippen molar-refractivity contribution in [2.75, 3.05) is 6.61 Å². The van der Waals surface area contributed by atoms with Crippen LogP contribution in [0.2, 0.25) is 0 Å². The van der Waals surface area contributed by atoms with Crippen LogP contribution in [-0.2, 0) is 14.3 Å². The molecule has 4 rings (SSSR count). The molecule has 1 saturated carbocycles. The minimum atomic E-state index is -1.27. The molecule has 2 aromatic rings. The molecule has 0 heterocycles. The van der Waals surface area contributed by atoms with Crippen molar-refractivity contribution in [2.24, 2.45) is 5.92 Å². The van der Waals surface area contributed by atoms with E-state index in [-0.39, 0.29) is 30.4 Å². The summed E-state index contributed by atoms with van der Waals surface area (Å²) in [6.07, 6.45) is 2.25. The number of hydrogen-bond donors (Lipinski definition) is 3. The third-order valence-corrected chi connectivity index (χ3v) is 7.09. The maximum absolute atomic E-state index is 12.7. The monoisotopic (exact) mass is 464 g/mol. The van der Waals surface area contributed by atoms with Gasteiger partial charge in [-0.2, -0.15) is 0 Å². The van der Waals surface area contributed by atoms with E-state index in [9.17, 15) is 19.5 Å². The van der Waals surface area contributed by atoms with E-state index in [0.29, 0.717) is 32.1 Å². The number of alkyl carbamates (subject to hydrolysis) is 1. The second kappa shape index (κ2) is 9.87. The molecule has 7 heteroatoms. The van der Waals surface area contributed by atoms with Crippen molar-refractivity contribution in [3.05, 3.63) is 59.7 Å². The molecule has 2 aliphatic rings. The number of rotatable bonds is 8. The van der Waals surface area contributed by atoms with Gasteiger partial charge in [0.05, 0.1) is 0 Å². The van der Waals surface area contributed by atoms with Gasteiger partial charge in [-0.15, -0.1) is 0 Å². The molecule has 2 amide bonds. The topological polar surface area (TPSA) is 105 Å². The average molecular weight is 465 g/mol. The SMILES string of the molecule is CCCC(C)(NC(=O)[C@H]1CC[C@@H](NC(=O)OCC2c3ccccc3-c3ccccc32)C1)C(=O)O. The Bertz CT molecular complexity index is 1040. The van der Waals surface area contributed by atoms with Crippen LogP contribution in [0.4, 0.5) is 4.79 Å².